The van der Waals surface area contributed by atoms with Crippen LogP contribution in [0.25, 0.3) is 0 Å². The van der Waals surface area contributed by atoms with Crippen molar-refractivity contribution >= 4 is 27.9 Å². The van der Waals surface area contributed by atoms with E-state index in [1.165, 1.54) is 6.92 Å². The minimum Gasteiger partial charge on any atom is -0.481 e. The molecule has 0 bridgehead atoms. The number of aliphatic carboxylic acids is 1. The number of alkyl halides is 1. The highest BCUT2D eigenvalue weighted by Crippen LogP contribution is 2.02. The molecule has 0 saturated heterocycles. The quantitative estimate of drug-likeness (QED) is 0.567. The number of ether oxygens (including phenoxy) is 1. The predicted molar refractivity (Wildman–Crippen MR) is 41.6 cm³/mol. The molecule has 1 unspecified atom stereocenters. The van der Waals surface area contributed by atoms with E-state index in [0.29, 0.717) is 5.33 Å². The lowest BCUT2D eigenvalue weighted by Crippen LogP contribution is -2.21. The Kier molecular flexibility index (Phi) is 4.85. The first-order valence-electron chi connectivity index (χ1n) is 3.01. The maximum atomic E-state index is 10.4. The van der Waals surface area contributed by atoms with Gasteiger partial charge >= 0.3 is 11.9 Å². The molecule has 0 fully saturated rings. The zero-order chi connectivity index (χ0) is 8.85. The van der Waals surface area contributed by atoms with E-state index in [1.807, 2.05) is 0 Å². The second-order valence-electron chi connectivity index (χ2n) is 1.98. The molecule has 11 heavy (non-hydrogen) atoms. The Balaban J connectivity index is 3.76. The molecule has 0 amide bonds. The van der Waals surface area contributed by atoms with E-state index in [1.54, 1.807) is 0 Å². The molecule has 1 atom stereocenters. The van der Waals surface area contributed by atoms with Crippen LogP contribution in [0.4, 0.5) is 0 Å². The van der Waals surface area contributed by atoms with Crippen LogP contribution in [0.3, 0.4) is 0 Å². The fraction of sp³-hybridized carbons (Fsp3) is 0.667. The van der Waals surface area contributed by atoms with E-state index >= 15 is 0 Å². The summed E-state index contributed by atoms with van der Waals surface area (Å²) in [6, 6.07) is 0. The molecule has 1 N–H and O–H groups in total. The molecule has 0 radical (unpaired) electrons. The van der Waals surface area contributed by atoms with Gasteiger partial charge in [-0.25, -0.2) is 0 Å². The summed E-state index contributed by atoms with van der Waals surface area (Å²) in [5, 5.41) is 8.66. The number of rotatable bonds is 4. The Labute approximate surface area is 72.7 Å². The van der Waals surface area contributed by atoms with Gasteiger partial charge < -0.3 is 9.84 Å². The molecule has 0 aliphatic heterocycles. The van der Waals surface area contributed by atoms with Crippen molar-refractivity contribution in [2.24, 2.45) is 0 Å². The van der Waals surface area contributed by atoms with Crippen LogP contribution in [0.5, 0.6) is 0 Å². The summed E-state index contributed by atoms with van der Waals surface area (Å²) in [6.07, 6.45) is -0.727. The largest absolute Gasteiger partial charge is 0.481 e. The van der Waals surface area contributed by atoms with Gasteiger partial charge in [0.2, 0.25) is 0 Å². The number of esters is 1. The second kappa shape index (κ2) is 5.12. The number of carboxylic acids is 1. The predicted octanol–water partition coefficient (Wildman–Crippen LogP) is 0.788. The molecule has 0 saturated carbocycles. The van der Waals surface area contributed by atoms with Crippen molar-refractivity contribution in [3.8, 4) is 0 Å². The molecular formula is C6H9BrO4. The first kappa shape index (κ1) is 10.4. The first-order valence-corrected chi connectivity index (χ1v) is 4.13. The van der Waals surface area contributed by atoms with Gasteiger partial charge in [-0.15, -0.1) is 0 Å². The van der Waals surface area contributed by atoms with Gasteiger partial charge in [0.1, 0.15) is 6.10 Å². The molecule has 64 valence electrons. The molecule has 4 nitrogen and oxygen atoms in total. The topological polar surface area (TPSA) is 63.6 Å². The summed E-state index contributed by atoms with van der Waals surface area (Å²) in [7, 11) is 0. The number of hydrogen-bond acceptors (Lipinski definition) is 3. The lowest BCUT2D eigenvalue weighted by Gasteiger charge is -2.10. The minimum atomic E-state index is -0.976. The normalized spacial score (nSPS) is 12.2. The Hall–Kier alpha value is -0.580. The van der Waals surface area contributed by atoms with E-state index in [0.717, 1.165) is 0 Å². The van der Waals surface area contributed by atoms with Gasteiger partial charge in [0.15, 0.2) is 0 Å². The Bertz CT molecular complexity index is 141. The van der Waals surface area contributed by atoms with Gasteiger partial charge in [-0.2, -0.15) is 0 Å². The van der Waals surface area contributed by atoms with Crippen molar-refractivity contribution < 1.29 is 19.4 Å². The fourth-order valence-corrected chi connectivity index (χ4v) is 0.918. The summed E-state index contributed by atoms with van der Waals surface area (Å²) < 4.78 is 4.64. The SMILES string of the molecule is CC(=O)OC(CBr)CC(=O)O. The summed E-state index contributed by atoms with van der Waals surface area (Å²) in [4.78, 5) is 20.5. The van der Waals surface area contributed by atoms with Crippen LogP contribution >= 0.6 is 15.9 Å². The molecule has 0 aromatic rings. The number of carbonyl (C=O) groups excluding carboxylic acids is 1. The average Bonchev–Trinajstić information content (AvgIpc) is 1.84. The summed E-state index contributed by atoms with van der Waals surface area (Å²) in [6.45, 7) is 1.25. The number of halogens is 1. The smallest absolute Gasteiger partial charge is 0.307 e. The average molecular weight is 225 g/mol. The van der Waals surface area contributed by atoms with E-state index < -0.39 is 18.0 Å². The van der Waals surface area contributed by atoms with Crippen molar-refractivity contribution in [2.45, 2.75) is 19.4 Å². The van der Waals surface area contributed by atoms with Crippen molar-refractivity contribution in [3.05, 3.63) is 0 Å². The maximum absolute atomic E-state index is 10.4. The molecule has 0 aliphatic rings. The fourth-order valence-electron chi connectivity index (χ4n) is 0.557. The van der Waals surface area contributed by atoms with Crippen molar-refractivity contribution in [1.29, 1.82) is 0 Å². The van der Waals surface area contributed by atoms with Gasteiger partial charge in [0.25, 0.3) is 0 Å². The lowest BCUT2D eigenvalue weighted by molar-refractivity contribution is -0.149. The van der Waals surface area contributed by atoms with Crippen LogP contribution in [0.15, 0.2) is 0 Å². The molecule has 0 aliphatic carbocycles. The molecule has 0 rings (SSSR count). The third-order valence-electron chi connectivity index (χ3n) is 0.907. The molecular weight excluding hydrogens is 216 g/mol. The van der Waals surface area contributed by atoms with Gasteiger partial charge in [0.05, 0.1) is 6.42 Å². The van der Waals surface area contributed by atoms with E-state index in [2.05, 4.69) is 20.7 Å². The summed E-state index contributed by atoms with van der Waals surface area (Å²) in [5.74, 6) is -1.44. The Morgan fingerprint density at radius 2 is 2.18 bits per heavy atom. The van der Waals surface area contributed by atoms with Crippen LogP contribution in [-0.4, -0.2) is 28.5 Å². The van der Waals surface area contributed by atoms with Crippen LogP contribution in [0, 0.1) is 0 Å². The van der Waals surface area contributed by atoms with Crippen LogP contribution in [-0.2, 0) is 14.3 Å². The molecule has 5 heteroatoms. The van der Waals surface area contributed by atoms with Gasteiger partial charge in [0, 0.05) is 12.3 Å². The Morgan fingerprint density at radius 1 is 1.64 bits per heavy atom. The zero-order valence-electron chi connectivity index (χ0n) is 6.04. The van der Waals surface area contributed by atoms with Crippen molar-refractivity contribution in [1.82, 2.24) is 0 Å². The van der Waals surface area contributed by atoms with Crippen LogP contribution in [0.2, 0.25) is 0 Å². The van der Waals surface area contributed by atoms with E-state index in [4.69, 9.17) is 5.11 Å². The molecule has 0 aromatic carbocycles. The van der Waals surface area contributed by atoms with Gasteiger partial charge in [-0.1, -0.05) is 15.9 Å². The summed E-state index contributed by atoms with van der Waals surface area (Å²) in [5.41, 5.74) is 0. The van der Waals surface area contributed by atoms with Gasteiger partial charge in [-0.05, 0) is 0 Å². The first-order chi connectivity index (χ1) is 5.06. The molecule has 0 heterocycles. The molecule has 0 aromatic heterocycles. The highest BCUT2D eigenvalue weighted by Gasteiger charge is 2.13. The number of carbonyl (C=O) groups is 2. The van der Waals surface area contributed by atoms with E-state index in [9.17, 15) is 9.59 Å². The standard InChI is InChI=1S/C6H9BrO4/c1-4(8)11-5(3-7)2-6(9)10/h5H,2-3H2,1H3,(H,9,10). The number of hydrogen-bond donors (Lipinski definition) is 1. The maximum Gasteiger partial charge on any atom is 0.307 e. The van der Waals surface area contributed by atoms with Crippen molar-refractivity contribution in [2.75, 3.05) is 5.33 Å². The van der Waals surface area contributed by atoms with Crippen molar-refractivity contribution in [3.63, 3.8) is 0 Å². The summed E-state index contributed by atoms with van der Waals surface area (Å²) >= 11 is 3.03. The highest BCUT2D eigenvalue weighted by atomic mass is 79.9. The Morgan fingerprint density at radius 3 is 2.45 bits per heavy atom. The monoisotopic (exact) mass is 224 g/mol. The van der Waals surface area contributed by atoms with Crippen LogP contribution < -0.4 is 0 Å². The third kappa shape index (κ3) is 5.84. The van der Waals surface area contributed by atoms with Crippen LogP contribution in [0.1, 0.15) is 13.3 Å². The second-order valence-corrected chi connectivity index (χ2v) is 2.63. The zero-order valence-corrected chi connectivity index (χ0v) is 7.63. The number of carboxylic acid groups (broad SMARTS) is 1. The lowest BCUT2D eigenvalue weighted by atomic mass is 10.3. The highest BCUT2D eigenvalue weighted by molar-refractivity contribution is 9.09. The molecule has 0 spiro atoms. The third-order valence-corrected chi connectivity index (χ3v) is 1.63. The van der Waals surface area contributed by atoms with E-state index in [-0.39, 0.29) is 6.42 Å². The minimum absolute atomic E-state index is 0.162. The van der Waals surface area contributed by atoms with Gasteiger partial charge in [-0.3, -0.25) is 9.59 Å².